The minimum atomic E-state index is -3.95. The number of fused-ring (bicyclic) bond motifs is 1. The average Bonchev–Trinajstić information content (AvgIpc) is 2.59. The Morgan fingerprint density at radius 3 is 2.68 bits per heavy atom. The van der Waals surface area contributed by atoms with Crippen LogP contribution in [0, 0.1) is 29.6 Å². The molecule has 2 aliphatic carbocycles. The number of hydrogen-bond donors (Lipinski definition) is 0. The van der Waals surface area contributed by atoms with E-state index in [9.17, 15) is 13.7 Å². The molecule has 0 aromatic heterocycles. The fraction of sp³-hybridized carbons (Fsp3) is 0.550. The quantitative estimate of drug-likeness (QED) is 0.586. The van der Waals surface area contributed by atoms with E-state index in [1.165, 1.54) is 31.4 Å². The van der Waals surface area contributed by atoms with Crippen molar-refractivity contribution in [3.63, 3.8) is 0 Å². The third-order valence-corrected chi connectivity index (χ3v) is 7.13. The van der Waals surface area contributed by atoms with Gasteiger partial charge in [-0.15, -0.1) is 0 Å². The zero-order valence-electron chi connectivity index (χ0n) is 14.9. The summed E-state index contributed by atoms with van der Waals surface area (Å²) >= 11 is 0. The standard InChI is InChI=1S/C20H25NO3S/c1-15-6-8-18(9-7-15)25(22,23)24-19(14-21)16-10-12-20(2)11-4-3-5-17(20)13-16/h6-10,17,19H,3-5,11-13H2,1-2H3/t17-,19+,20+/m1/s1. The lowest BCUT2D eigenvalue weighted by Crippen LogP contribution is -2.35. The first-order valence-corrected chi connectivity index (χ1v) is 10.3. The zero-order chi connectivity index (χ0) is 18.1. The Balaban J connectivity index is 1.79. The van der Waals surface area contributed by atoms with Gasteiger partial charge in [0.2, 0.25) is 0 Å². The molecule has 0 radical (unpaired) electrons. The number of benzene rings is 1. The molecule has 0 N–H and O–H groups in total. The smallest absolute Gasteiger partial charge is 0.243 e. The molecule has 1 aromatic rings. The molecular weight excluding hydrogens is 334 g/mol. The largest absolute Gasteiger partial charge is 0.298 e. The van der Waals surface area contributed by atoms with Gasteiger partial charge < -0.3 is 0 Å². The van der Waals surface area contributed by atoms with Crippen LogP contribution in [0.25, 0.3) is 0 Å². The molecule has 0 unspecified atom stereocenters. The molecule has 0 saturated heterocycles. The molecule has 2 aliphatic rings. The third-order valence-electron chi connectivity index (χ3n) is 5.84. The summed E-state index contributed by atoms with van der Waals surface area (Å²) in [6.45, 7) is 4.21. The molecule has 0 bridgehead atoms. The second-order valence-corrected chi connectivity index (χ2v) is 9.23. The van der Waals surface area contributed by atoms with Crippen molar-refractivity contribution in [2.45, 2.75) is 63.4 Å². The lowest BCUT2D eigenvalue weighted by molar-refractivity contribution is 0.102. The van der Waals surface area contributed by atoms with Gasteiger partial charge in [-0.2, -0.15) is 13.7 Å². The molecule has 0 amide bonds. The van der Waals surface area contributed by atoms with Gasteiger partial charge in [-0.1, -0.05) is 43.5 Å². The highest BCUT2D eigenvalue weighted by Gasteiger charge is 2.40. The third kappa shape index (κ3) is 3.80. The predicted molar refractivity (Wildman–Crippen MR) is 96.2 cm³/mol. The van der Waals surface area contributed by atoms with Crippen molar-refractivity contribution in [3.8, 4) is 6.07 Å². The van der Waals surface area contributed by atoms with Gasteiger partial charge >= 0.3 is 0 Å². The van der Waals surface area contributed by atoms with Gasteiger partial charge in [0.15, 0.2) is 6.10 Å². The fourth-order valence-electron chi connectivity index (χ4n) is 4.09. The van der Waals surface area contributed by atoms with Gasteiger partial charge in [0.05, 0.1) is 4.90 Å². The summed E-state index contributed by atoms with van der Waals surface area (Å²) in [6, 6.07) is 8.54. The summed E-state index contributed by atoms with van der Waals surface area (Å²) in [7, 11) is -3.95. The van der Waals surface area contributed by atoms with Crippen LogP contribution in [0.3, 0.4) is 0 Å². The first-order chi connectivity index (χ1) is 11.8. The monoisotopic (exact) mass is 359 g/mol. The Kier molecular flexibility index (Phi) is 5.04. The van der Waals surface area contributed by atoms with Crippen LogP contribution in [0.4, 0.5) is 0 Å². The number of hydrogen-bond acceptors (Lipinski definition) is 4. The Morgan fingerprint density at radius 2 is 2.00 bits per heavy atom. The number of nitrogens with zero attached hydrogens (tertiary/aromatic N) is 1. The van der Waals surface area contributed by atoms with Crippen LogP contribution < -0.4 is 0 Å². The SMILES string of the molecule is Cc1ccc(S(=O)(=O)O[C@@H](C#N)C2=CC[C@]3(C)CCCC[C@@H]3C2)cc1. The summed E-state index contributed by atoms with van der Waals surface area (Å²) in [5, 5.41) is 9.51. The Morgan fingerprint density at radius 1 is 1.28 bits per heavy atom. The molecule has 0 spiro atoms. The summed E-state index contributed by atoms with van der Waals surface area (Å²) in [5.74, 6) is 0.516. The summed E-state index contributed by atoms with van der Waals surface area (Å²) < 4.78 is 30.3. The second kappa shape index (κ2) is 6.93. The highest BCUT2D eigenvalue weighted by molar-refractivity contribution is 7.86. The molecular formula is C20H25NO3S. The Hall–Kier alpha value is -1.64. The van der Waals surface area contributed by atoms with Crippen molar-refractivity contribution in [1.29, 1.82) is 5.26 Å². The first-order valence-electron chi connectivity index (χ1n) is 8.92. The van der Waals surface area contributed by atoms with Crippen LogP contribution in [-0.2, 0) is 14.3 Å². The van der Waals surface area contributed by atoms with Gasteiger partial charge in [-0.05, 0) is 61.6 Å². The average molecular weight is 359 g/mol. The Bertz CT molecular complexity index is 804. The molecule has 5 heteroatoms. The number of nitriles is 1. The summed E-state index contributed by atoms with van der Waals surface area (Å²) in [5.41, 5.74) is 2.09. The van der Waals surface area contributed by atoms with E-state index in [1.807, 2.05) is 19.1 Å². The van der Waals surface area contributed by atoms with E-state index in [0.717, 1.165) is 30.4 Å². The van der Waals surface area contributed by atoms with Gasteiger partial charge in [-0.25, -0.2) is 4.18 Å². The van der Waals surface area contributed by atoms with Crippen LogP contribution in [0.1, 0.15) is 51.0 Å². The van der Waals surface area contributed by atoms with Crippen molar-refractivity contribution in [2.24, 2.45) is 11.3 Å². The second-order valence-electron chi connectivity index (χ2n) is 7.66. The molecule has 1 fully saturated rings. The van der Waals surface area contributed by atoms with E-state index < -0.39 is 16.2 Å². The number of rotatable bonds is 4. The molecule has 25 heavy (non-hydrogen) atoms. The van der Waals surface area contributed by atoms with E-state index in [2.05, 4.69) is 6.92 Å². The summed E-state index contributed by atoms with van der Waals surface area (Å²) in [4.78, 5) is 0.0947. The molecule has 4 nitrogen and oxygen atoms in total. The van der Waals surface area contributed by atoms with Crippen molar-refractivity contribution < 1.29 is 12.6 Å². The number of aryl methyl sites for hydroxylation is 1. The predicted octanol–water partition coefficient (Wildman–Crippen LogP) is 4.51. The molecule has 1 aromatic carbocycles. The lowest BCUT2D eigenvalue weighted by atomic mass is 9.61. The number of allylic oxidation sites excluding steroid dienone is 1. The van der Waals surface area contributed by atoms with Gasteiger partial charge in [-0.3, -0.25) is 0 Å². The first kappa shape index (κ1) is 18.2. The molecule has 1 saturated carbocycles. The topological polar surface area (TPSA) is 67.2 Å². The maximum atomic E-state index is 12.5. The Labute approximate surface area is 150 Å². The van der Waals surface area contributed by atoms with Gasteiger partial charge in [0, 0.05) is 0 Å². The van der Waals surface area contributed by atoms with E-state index in [1.54, 1.807) is 12.1 Å². The fourth-order valence-corrected chi connectivity index (χ4v) is 5.09. The van der Waals surface area contributed by atoms with Crippen LogP contribution >= 0.6 is 0 Å². The maximum absolute atomic E-state index is 12.5. The molecule has 3 atom stereocenters. The van der Waals surface area contributed by atoms with Crippen LogP contribution in [0.15, 0.2) is 40.8 Å². The minimum Gasteiger partial charge on any atom is -0.243 e. The maximum Gasteiger partial charge on any atom is 0.298 e. The van der Waals surface area contributed by atoms with Crippen molar-refractivity contribution in [1.82, 2.24) is 0 Å². The highest BCUT2D eigenvalue weighted by Crippen LogP contribution is 2.50. The van der Waals surface area contributed by atoms with E-state index >= 15 is 0 Å². The van der Waals surface area contributed by atoms with Crippen molar-refractivity contribution >= 4 is 10.1 Å². The summed E-state index contributed by atoms with van der Waals surface area (Å²) in [6.07, 6.45) is 7.51. The van der Waals surface area contributed by atoms with Crippen LogP contribution in [0.5, 0.6) is 0 Å². The van der Waals surface area contributed by atoms with E-state index in [0.29, 0.717) is 5.92 Å². The normalized spacial score (nSPS) is 27.7. The molecule has 3 rings (SSSR count). The van der Waals surface area contributed by atoms with Gasteiger partial charge in [0.1, 0.15) is 6.07 Å². The van der Waals surface area contributed by atoms with Crippen LogP contribution in [0.2, 0.25) is 0 Å². The zero-order valence-corrected chi connectivity index (χ0v) is 15.7. The van der Waals surface area contributed by atoms with Gasteiger partial charge in [0.25, 0.3) is 10.1 Å². The van der Waals surface area contributed by atoms with E-state index in [4.69, 9.17) is 4.18 Å². The van der Waals surface area contributed by atoms with Crippen molar-refractivity contribution in [3.05, 3.63) is 41.5 Å². The molecule has 134 valence electrons. The minimum absolute atomic E-state index is 0.0947. The lowest BCUT2D eigenvalue weighted by Gasteiger charge is -2.45. The van der Waals surface area contributed by atoms with Crippen LogP contribution in [-0.4, -0.2) is 14.5 Å². The molecule has 0 heterocycles. The molecule has 0 aliphatic heterocycles. The van der Waals surface area contributed by atoms with E-state index in [-0.39, 0.29) is 10.3 Å². The van der Waals surface area contributed by atoms with Crippen molar-refractivity contribution in [2.75, 3.05) is 0 Å². The highest BCUT2D eigenvalue weighted by atomic mass is 32.2.